The van der Waals surface area contributed by atoms with E-state index in [1.165, 1.54) is 11.5 Å². The minimum absolute atomic E-state index is 0.325. The maximum absolute atomic E-state index is 13.0. The maximum atomic E-state index is 13.0. The summed E-state index contributed by atoms with van der Waals surface area (Å²) in [6, 6.07) is 7.90. The summed E-state index contributed by atoms with van der Waals surface area (Å²) in [7, 11) is -2.14. The second kappa shape index (κ2) is 10.7. The Morgan fingerprint density at radius 3 is 2.47 bits per heavy atom. The van der Waals surface area contributed by atoms with Crippen LogP contribution in [0.25, 0.3) is 0 Å². The number of hydrogen-bond donors (Lipinski definition) is 1. The van der Waals surface area contributed by atoms with E-state index in [4.69, 9.17) is 13.9 Å². The van der Waals surface area contributed by atoms with Crippen LogP contribution in [0, 0.1) is 0 Å². The second-order valence-electron chi connectivity index (χ2n) is 10.5. The third kappa shape index (κ3) is 5.14. The number of aromatic nitrogens is 2. The molecule has 0 aliphatic carbocycles. The standard InChI is InChI=1S/C26H37N3O5SSi/c1-15(2)36(16(3)4,17(5)6)32-14-21-20(33-18(7)30)12-24(34-21)29-13-23-25(28-26(29)31)27-19-10-8-9-11-22(19)35-23/h8-11,13,15-17,20-21,24H,12,14H2,1-7H3,(H,27,28,31)/t20-,21+,24+/m0/s1. The van der Waals surface area contributed by atoms with Gasteiger partial charge in [-0.15, -0.1) is 0 Å². The Morgan fingerprint density at radius 1 is 1.17 bits per heavy atom. The highest BCUT2D eigenvalue weighted by Crippen LogP contribution is 2.44. The lowest BCUT2D eigenvalue weighted by molar-refractivity contribution is -0.150. The Bertz CT molecular complexity index is 1150. The first-order valence-electron chi connectivity index (χ1n) is 12.7. The minimum atomic E-state index is -2.14. The zero-order valence-corrected chi connectivity index (χ0v) is 23.9. The average molecular weight is 532 g/mol. The van der Waals surface area contributed by atoms with Gasteiger partial charge in [0.2, 0.25) is 0 Å². The van der Waals surface area contributed by atoms with E-state index >= 15 is 0 Å². The number of hydrogen-bond acceptors (Lipinski definition) is 8. The normalized spacial score (nSPS) is 21.4. The van der Waals surface area contributed by atoms with Crippen molar-refractivity contribution in [2.45, 2.75) is 99.7 Å². The monoisotopic (exact) mass is 531 g/mol. The van der Waals surface area contributed by atoms with E-state index in [1.54, 1.807) is 18.0 Å². The third-order valence-corrected chi connectivity index (χ3v) is 14.5. The van der Waals surface area contributed by atoms with Gasteiger partial charge in [0.15, 0.2) is 14.1 Å². The van der Waals surface area contributed by atoms with Gasteiger partial charge >= 0.3 is 11.7 Å². The van der Waals surface area contributed by atoms with Crippen LogP contribution in [0.1, 0.15) is 61.1 Å². The Labute approximate surface area is 218 Å². The van der Waals surface area contributed by atoms with Gasteiger partial charge in [-0.25, -0.2) is 4.79 Å². The van der Waals surface area contributed by atoms with E-state index in [1.807, 2.05) is 24.3 Å². The van der Waals surface area contributed by atoms with Crippen molar-refractivity contribution >= 4 is 37.6 Å². The largest absolute Gasteiger partial charge is 0.460 e. The van der Waals surface area contributed by atoms with Crippen LogP contribution in [0.5, 0.6) is 0 Å². The molecule has 0 amide bonds. The summed E-state index contributed by atoms with van der Waals surface area (Å²) in [6.45, 7) is 15.1. The van der Waals surface area contributed by atoms with Crippen LogP contribution in [0.3, 0.4) is 0 Å². The molecule has 2 aliphatic rings. The van der Waals surface area contributed by atoms with Gasteiger partial charge < -0.3 is 19.2 Å². The predicted octanol–water partition coefficient (Wildman–Crippen LogP) is 5.86. The molecule has 0 unspecified atom stereocenters. The van der Waals surface area contributed by atoms with Crippen molar-refractivity contribution in [3.63, 3.8) is 0 Å². The van der Waals surface area contributed by atoms with Gasteiger partial charge in [-0.05, 0) is 28.8 Å². The molecule has 4 rings (SSSR count). The molecule has 1 aromatic carbocycles. The molecule has 8 nitrogen and oxygen atoms in total. The Hall–Kier alpha value is -2.14. The van der Waals surface area contributed by atoms with Crippen molar-refractivity contribution < 1.29 is 18.7 Å². The molecule has 2 aliphatic heterocycles. The number of benzene rings is 1. The van der Waals surface area contributed by atoms with Gasteiger partial charge in [-0.3, -0.25) is 9.36 Å². The van der Waals surface area contributed by atoms with E-state index < -0.39 is 32.4 Å². The van der Waals surface area contributed by atoms with Gasteiger partial charge in [0, 0.05) is 24.4 Å². The summed E-state index contributed by atoms with van der Waals surface area (Å²) in [6.07, 6.45) is 0.588. The molecule has 1 saturated heterocycles. The molecule has 196 valence electrons. The number of ether oxygens (including phenoxy) is 2. The van der Waals surface area contributed by atoms with E-state index in [-0.39, 0.29) is 5.97 Å². The fraction of sp³-hybridized carbons (Fsp3) is 0.577. The minimum Gasteiger partial charge on any atom is -0.460 e. The quantitative estimate of drug-likeness (QED) is 0.285. The van der Waals surface area contributed by atoms with Crippen LogP contribution in [0.4, 0.5) is 11.5 Å². The van der Waals surface area contributed by atoms with E-state index in [0.717, 1.165) is 15.5 Å². The molecule has 2 aromatic rings. The van der Waals surface area contributed by atoms with Gasteiger partial charge in [0.05, 0.1) is 17.2 Å². The lowest BCUT2D eigenvalue weighted by Gasteiger charge is -2.42. The van der Waals surface area contributed by atoms with Crippen molar-refractivity contribution in [3.8, 4) is 0 Å². The molecule has 10 heteroatoms. The van der Waals surface area contributed by atoms with Crippen molar-refractivity contribution in [2.24, 2.45) is 0 Å². The van der Waals surface area contributed by atoms with Crippen molar-refractivity contribution in [3.05, 3.63) is 40.9 Å². The topological polar surface area (TPSA) is 91.7 Å². The van der Waals surface area contributed by atoms with Gasteiger partial charge in [0.25, 0.3) is 0 Å². The second-order valence-corrected chi connectivity index (χ2v) is 17.1. The zero-order valence-electron chi connectivity index (χ0n) is 22.1. The summed E-state index contributed by atoms with van der Waals surface area (Å²) in [5, 5.41) is 3.24. The molecule has 0 bridgehead atoms. The Kier molecular flexibility index (Phi) is 7.99. The fourth-order valence-electron chi connectivity index (χ4n) is 5.81. The number of rotatable bonds is 8. The number of carbonyl (C=O) groups excluding carboxylic acids is 1. The first-order valence-corrected chi connectivity index (χ1v) is 15.6. The molecular formula is C26H37N3O5SSi. The lowest BCUT2D eigenvalue weighted by atomic mass is 10.2. The summed E-state index contributed by atoms with van der Waals surface area (Å²) in [5.41, 5.74) is 1.77. The summed E-state index contributed by atoms with van der Waals surface area (Å²) in [4.78, 5) is 31.1. The van der Waals surface area contributed by atoms with Crippen molar-refractivity contribution in [1.29, 1.82) is 0 Å². The molecule has 3 heterocycles. The van der Waals surface area contributed by atoms with E-state index in [9.17, 15) is 9.59 Å². The zero-order chi connectivity index (χ0) is 26.2. The van der Waals surface area contributed by atoms with E-state index in [2.05, 4.69) is 51.8 Å². The number of esters is 1. The number of anilines is 2. The van der Waals surface area contributed by atoms with Gasteiger partial charge in [-0.1, -0.05) is 65.4 Å². The Balaban J connectivity index is 1.58. The first kappa shape index (κ1) is 26.9. The van der Waals surface area contributed by atoms with Crippen LogP contribution >= 0.6 is 11.8 Å². The lowest BCUT2D eigenvalue weighted by Crippen LogP contribution is -2.50. The first-order chi connectivity index (χ1) is 17.0. The molecular weight excluding hydrogens is 494 g/mol. The third-order valence-electron chi connectivity index (χ3n) is 7.29. The SMILES string of the molecule is CC(=O)O[C@H]1C[C@H](n2cc3c(nc2=O)Nc2ccccc2S3)O[C@@H]1CO[Si](C(C)C)(C(C)C)C(C)C. The molecule has 0 spiro atoms. The molecule has 0 saturated carbocycles. The Morgan fingerprint density at radius 2 is 1.83 bits per heavy atom. The average Bonchev–Trinajstić information content (AvgIpc) is 3.18. The fourth-order valence-corrected chi connectivity index (χ4v) is 12.2. The highest BCUT2D eigenvalue weighted by atomic mass is 32.2. The molecule has 3 atom stereocenters. The smallest absolute Gasteiger partial charge is 0.351 e. The van der Waals surface area contributed by atoms with Crippen molar-refractivity contribution in [2.75, 3.05) is 11.9 Å². The molecule has 1 N–H and O–H groups in total. The van der Waals surface area contributed by atoms with Crippen LogP contribution < -0.4 is 11.0 Å². The number of fused-ring (bicyclic) bond motifs is 2. The highest BCUT2D eigenvalue weighted by molar-refractivity contribution is 7.99. The highest BCUT2D eigenvalue weighted by Gasteiger charge is 2.47. The van der Waals surface area contributed by atoms with Crippen LogP contribution in [0.2, 0.25) is 16.6 Å². The molecule has 1 fully saturated rings. The van der Waals surface area contributed by atoms with Gasteiger partial charge in [0.1, 0.15) is 18.4 Å². The number of para-hydroxylation sites is 1. The molecule has 1 aromatic heterocycles. The molecule has 0 radical (unpaired) electrons. The summed E-state index contributed by atoms with van der Waals surface area (Å²) < 4.78 is 20.3. The van der Waals surface area contributed by atoms with Gasteiger partial charge in [-0.2, -0.15) is 4.98 Å². The maximum Gasteiger partial charge on any atom is 0.351 e. The predicted molar refractivity (Wildman–Crippen MR) is 143 cm³/mol. The number of nitrogens with one attached hydrogen (secondary N) is 1. The number of nitrogens with zero attached hydrogens (tertiary/aromatic N) is 2. The van der Waals surface area contributed by atoms with Crippen LogP contribution in [-0.4, -0.2) is 42.7 Å². The molecule has 36 heavy (non-hydrogen) atoms. The van der Waals surface area contributed by atoms with Crippen LogP contribution in [0.15, 0.2) is 45.0 Å². The van der Waals surface area contributed by atoms with Crippen LogP contribution in [-0.2, 0) is 18.7 Å². The summed E-state index contributed by atoms with van der Waals surface area (Å²) in [5.74, 6) is 0.164. The van der Waals surface area contributed by atoms with Crippen molar-refractivity contribution in [1.82, 2.24) is 9.55 Å². The van der Waals surface area contributed by atoms with E-state index in [0.29, 0.717) is 35.5 Å². The summed E-state index contributed by atoms with van der Waals surface area (Å²) >= 11 is 1.55. The number of carbonyl (C=O) groups is 1.